The molecule has 0 aliphatic rings. The van der Waals surface area contributed by atoms with Crippen LogP contribution in [0, 0.1) is 11.2 Å². The van der Waals surface area contributed by atoms with E-state index < -0.39 is 5.41 Å². The van der Waals surface area contributed by atoms with Gasteiger partial charge in [0.1, 0.15) is 11.2 Å². The molecule has 0 aliphatic carbocycles. The lowest BCUT2D eigenvalue weighted by Gasteiger charge is -2.23. The first-order chi connectivity index (χ1) is 10.7. The first-order valence-electron chi connectivity index (χ1n) is 7.70. The number of carbonyl (C=O) groups is 2. The minimum atomic E-state index is -1.17. The van der Waals surface area contributed by atoms with Crippen molar-refractivity contribution in [2.24, 2.45) is 5.41 Å². The van der Waals surface area contributed by atoms with Crippen LogP contribution in [-0.4, -0.2) is 50.4 Å². The molecule has 0 spiro atoms. The van der Waals surface area contributed by atoms with Crippen LogP contribution < -0.4 is 10.6 Å². The lowest BCUT2D eigenvalue weighted by atomic mass is 9.91. The summed E-state index contributed by atoms with van der Waals surface area (Å²) in [6.45, 7) is 4.63. The van der Waals surface area contributed by atoms with Gasteiger partial charge in [0.05, 0.1) is 0 Å². The standard InChI is InChI=1S/C17H26FN3O2/c1-17(2,16(23)20-11-12-21(3)4)15(22)19-10-9-13-7-5-6-8-14(13)18/h5-8H,9-12H2,1-4H3,(H,19,22)(H,20,23). The van der Waals surface area contributed by atoms with Gasteiger partial charge in [-0.2, -0.15) is 0 Å². The van der Waals surface area contributed by atoms with E-state index in [1.165, 1.54) is 6.07 Å². The van der Waals surface area contributed by atoms with Crippen LogP contribution in [0.4, 0.5) is 4.39 Å². The Balaban J connectivity index is 2.45. The molecule has 0 aromatic heterocycles. The highest BCUT2D eigenvalue weighted by atomic mass is 19.1. The molecule has 6 heteroatoms. The van der Waals surface area contributed by atoms with Crippen molar-refractivity contribution >= 4 is 11.8 Å². The van der Waals surface area contributed by atoms with E-state index in [2.05, 4.69) is 10.6 Å². The SMILES string of the molecule is CN(C)CCNC(=O)C(C)(C)C(=O)NCCc1ccccc1F. The molecule has 0 saturated carbocycles. The lowest BCUT2D eigenvalue weighted by molar-refractivity contribution is -0.141. The Hall–Kier alpha value is -1.95. The molecule has 23 heavy (non-hydrogen) atoms. The summed E-state index contributed by atoms with van der Waals surface area (Å²) in [5.74, 6) is -0.971. The van der Waals surface area contributed by atoms with Gasteiger partial charge < -0.3 is 15.5 Å². The number of halogens is 1. The molecule has 1 aromatic carbocycles. The second-order valence-electron chi connectivity index (χ2n) is 6.28. The van der Waals surface area contributed by atoms with Gasteiger partial charge in [-0.25, -0.2) is 4.39 Å². The third kappa shape index (κ3) is 5.98. The summed E-state index contributed by atoms with van der Waals surface area (Å²) in [7, 11) is 3.82. The van der Waals surface area contributed by atoms with Crippen LogP contribution in [0.2, 0.25) is 0 Å². The summed E-state index contributed by atoms with van der Waals surface area (Å²) in [6, 6.07) is 6.45. The first kappa shape index (κ1) is 19.1. The maximum Gasteiger partial charge on any atom is 0.235 e. The zero-order chi connectivity index (χ0) is 17.5. The molecular formula is C17H26FN3O2. The Kier molecular flexibility index (Phi) is 7.16. The molecule has 0 bridgehead atoms. The molecular weight excluding hydrogens is 297 g/mol. The van der Waals surface area contributed by atoms with E-state index in [1.807, 2.05) is 19.0 Å². The summed E-state index contributed by atoms with van der Waals surface area (Å²) in [5.41, 5.74) is -0.623. The summed E-state index contributed by atoms with van der Waals surface area (Å²) < 4.78 is 13.5. The van der Waals surface area contributed by atoms with E-state index in [9.17, 15) is 14.0 Å². The number of rotatable bonds is 8. The summed E-state index contributed by atoms with van der Waals surface area (Å²) >= 11 is 0. The molecule has 0 saturated heterocycles. The Labute approximate surface area is 137 Å². The molecule has 0 radical (unpaired) electrons. The van der Waals surface area contributed by atoms with Crippen molar-refractivity contribution < 1.29 is 14.0 Å². The highest BCUT2D eigenvalue weighted by Crippen LogP contribution is 2.15. The van der Waals surface area contributed by atoms with Crippen molar-refractivity contribution in [1.82, 2.24) is 15.5 Å². The zero-order valence-electron chi connectivity index (χ0n) is 14.3. The van der Waals surface area contributed by atoms with Crippen LogP contribution in [0.5, 0.6) is 0 Å². The largest absolute Gasteiger partial charge is 0.355 e. The van der Waals surface area contributed by atoms with Crippen LogP contribution >= 0.6 is 0 Å². The topological polar surface area (TPSA) is 61.4 Å². The second kappa shape index (κ2) is 8.62. The Morgan fingerprint density at radius 1 is 1.09 bits per heavy atom. The summed E-state index contributed by atoms with van der Waals surface area (Å²) in [5, 5.41) is 5.45. The highest BCUT2D eigenvalue weighted by Gasteiger charge is 2.35. The van der Waals surface area contributed by atoms with Crippen LogP contribution in [0.1, 0.15) is 19.4 Å². The van der Waals surface area contributed by atoms with Crippen molar-refractivity contribution in [2.75, 3.05) is 33.7 Å². The van der Waals surface area contributed by atoms with Gasteiger partial charge in [0.2, 0.25) is 11.8 Å². The average Bonchev–Trinajstić information content (AvgIpc) is 2.48. The normalized spacial score (nSPS) is 11.4. The minimum Gasteiger partial charge on any atom is -0.355 e. The number of carbonyl (C=O) groups excluding carboxylic acids is 2. The van der Waals surface area contributed by atoms with Crippen LogP contribution in [-0.2, 0) is 16.0 Å². The quantitative estimate of drug-likeness (QED) is 0.707. The van der Waals surface area contributed by atoms with Crippen LogP contribution in [0.15, 0.2) is 24.3 Å². The van der Waals surface area contributed by atoms with Gasteiger partial charge in [-0.15, -0.1) is 0 Å². The maximum atomic E-state index is 13.5. The maximum absolute atomic E-state index is 13.5. The van der Waals surface area contributed by atoms with Gasteiger partial charge in [-0.05, 0) is 46.0 Å². The number of benzene rings is 1. The third-order valence-corrected chi connectivity index (χ3v) is 3.62. The smallest absolute Gasteiger partial charge is 0.235 e. The van der Waals surface area contributed by atoms with Crippen molar-refractivity contribution in [1.29, 1.82) is 0 Å². The molecule has 128 valence electrons. The molecule has 1 aromatic rings. The van der Waals surface area contributed by atoms with Gasteiger partial charge in [-0.1, -0.05) is 18.2 Å². The molecule has 2 amide bonds. The van der Waals surface area contributed by atoms with Crippen molar-refractivity contribution in [3.63, 3.8) is 0 Å². The third-order valence-electron chi connectivity index (χ3n) is 3.62. The van der Waals surface area contributed by atoms with Crippen LogP contribution in [0.25, 0.3) is 0 Å². The first-order valence-corrected chi connectivity index (χ1v) is 7.70. The lowest BCUT2D eigenvalue weighted by Crippen LogP contribution is -2.49. The number of nitrogens with zero attached hydrogens (tertiary/aromatic N) is 1. The van der Waals surface area contributed by atoms with Gasteiger partial charge in [0.15, 0.2) is 0 Å². The number of amides is 2. The van der Waals surface area contributed by atoms with Gasteiger partial charge >= 0.3 is 0 Å². The Bertz CT molecular complexity index is 544. The highest BCUT2D eigenvalue weighted by molar-refractivity contribution is 6.04. The second-order valence-corrected chi connectivity index (χ2v) is 6.28. The number of hydrogen-bond donors (Lipinski definition) is 2. The van der Waals surface area contributed by atoms with E-state index in [4.69, 9.17) is 0 Å². The van der Waals surface area contributed by atoms with Crippen molar-refractivity contribution in [2.45, 2.75) is 20.3 Å². The van der Waals surface area contributed by atoms with Crippen molar-refractivity contribution in [3.8, 4) is 0 Å². The fourth-order valence-corrected chi connectivity index (χ4v) is 1.95. The van der Waals surface area contributed by atoms with Crippen LogP contribution in [0.3, 0.4) is 0 Å². The van der Waals surface area contributed by atoms with E-state index in [1.54, 1.807) is 32.0 Å². The minimum absolute atomic E-state index is 0.286. The van der Waals surface area contributed by atoms with E-state index in [0.29, 0.717) is 25.1 Å². The molecule has 5 nitrogen and oxygen atoms in total. The van der Waals surface area contributed by atoms with Gasteiger partial charge in [0.25, 0.3) is 0 Å². The fraction of sp³-hybridized carbons (Fsp3) is 0.529. The average molecular weight is 323 g/mol. The Morgan fingerprint density at radius 2 is 1.65 bits per heavy atom. The number of likely N-dealkylation sites (N-methyl/N-ethyl adjacent to an activating group) is 1. The number of hydrogen-bond acceptors (Lipinski definition) is 3. The molecule has 2 N–H and O–H groups in total. The molecule has 0 atom stereocenters. The fourth-order valence-electron chi connectivity index (χ4n) is 1.95. The summed E-state index contributed by atoms with van der Waals surface area (Å²) in [6.07, 6.45) is 0.386. The van der Waals surface area contributed by atoms with Crippen molar-refractivity contribution in [3.05, 3.63) is 35.6 Å². The predicted molar refractivity (Wildman–Crippen MR) is 88.5 cm³/mol. The van der Waals surface area contributed by atoms with E-state index in [0.717, 1.165) is 0 Å². The number of nitrogens with one attached hydrogen (secondary N) is 2. The summed E-state index contributed by atoms with van der Waals surface area (Å²) in [4.78, 5) is 26.3. The Morgan fingerprint density at radius 3 is 2.22 bits per heavy atom. The van der Waals surface area contributed by atoms with Gasteiger partial charge in [-0.3, -0.25) is 9.59 Å². The molecule has 0 unspecified atom stereocenters. The van der Waals surface area contributed by atoms with E-state index >= 15 is 0 Å². The van der Waals surface area contributed by atoms with Gasteiger partial charge in [0, 0.05) is 19.6 Å². The monoisotopic (exact) mass is 323 g/mol. The molecule has 0 heterocycles. The predicted octanol–water partition coefficient (Wildman–Crippen LogP) is 1.19. The zero-order valence-corrected chi connectivity index (χ0v) is 14.3. The molecule has 0 aliphatic heterocycles. The van der Waals surface area contributed by atoms with E-state index in [-0.39, 0.29) is 24.2 Å². The molecule has 0 fully saturated rings. The molecule has 1 rings (SSSR count).